The molecule has 0 bridgehead atoms. The summed E-state index contributed by atoms with van der Waals surface area (Å²) in [5, 5.41) is 0. The molecule has 1 aromatic heterocycles. The fourth-order valence-electron chi connectivity index (χ4n) is 2.53. The number of pyridine rings is 1. The molecular weight excluding hydrogens is 196 g/mol. The first-order valence-electron chi connectivity index (χ1n) is 6.38. The van der Waals surface area contributed by atoms with Crippen LogP contribution in [0.25, 0.3) is 0 Å². The molecule has 16 heavy (non-hydrogen) atoms. The van der Waals surface area contributed by atoms with Crippen LogP contribution in [0, 0.1) is 5.92 Å². The normalized spacial score (nSPS) is 19.2. The Morgan fingerprint density at radius 2 is 1.88 bits per heavy atom. The number of rotatable bonds is 3. The minimum Gasteiger partial charge on any atom is -0.301 e. The van der Waals surface area contributed by atoms with Crippen LogP contribution in [-0.4, -0.2) is 29.0 Å². The topological polar surface area (TPSA) is 16.1 Å². The van der Waals surface area contributed by atoms with Crippen molar-refractivity contribution in [3.05, 3.63) is 30.1 Å². The Kier molecular flexibility index (Phi) is 3.94. The van der Waals surface area contributed by atoms with Crippen molar-refractivity contribution >= 4 is 0 Å². The third-order valence-corrected chi connectivity index (χ3v) is 3.65. The van der Waals surface area contributed by atoms with Gasteiger partial charge in [-0.05, 0) is 69.8 Å². The molecule has 1 aromatic rings. The van der Waals surface area contributed by atoms with Crippen LogP contribution in [0.15, 0.2) is 24.5 Å². The number of hydrogen-bond acceptors (Lipinski definition) is 2. The second kappa shape index (κ2) is 5.44. The van der Waals surface area contributed by atoms with E-state index in [1.165, 1.54) is 37.9 Å². The Morgan fingerprint density at radius 1 is 1.25 bits per heavy atom. The predicted octanol–water partition coefficient (Wildman–Crippen LogP) is 2.74. The van der Waals surface area contributed by atoms with Crippen molar-refractivity contribution in [2.75, 3.05) is 13.1 Å². The molecule has 1 aliphatic rings. The molecule has 0 aliphatic carbocycles. The molecule has 0 amide bonds. The van der Waals surface area contributed by atoms with E-state index in [-0.39, 0.29) is 0 Å². The molecule has 0 aromatic carbocycles. The molecule has 1 fully saturated rings. The maximum Gasteiger partial charge on any atom is 0.0270 e. The van der Waals surface area contributed by atoms with Crippen LogP contribution < -0.4 is 0 Å². The lowest BCUT2D eigenvalue weighted by molar-refractivity contribution is 0.149. The summed E-state index contributed by atoms with van der Waals surface area (Å²) < 4.78 is 0. The van der Waals surface area contributed by atoms with Gasteiger partial charge >= 0.3 is 0 Å². The molecule has 88 valence electrons. The van der Waals surface area contributed by atoms with E-state index in [1.54, 1.807) is 0 Å². The molecule has 0 atom stereocenters. The van der Waals surface area contributed by atoms with E-state index in [4.69, 9.17) is 0 Å². The summed E-state index contributed by atoms with van der Waals surface area (Å²) in [6.07, 6.45) is 7.73. The van der Waals surface area contributed by atoms with Crippen molar-refractivity contribution in [2.24, 2.45) is 5.92 Å². The van der Waals surface area contributed by atoms with Crippen molar-refractivity contribution < 1.29 is 0 Å². The van der Waals surface area contributed by atoms with Gasteiger partial charge in [-0.25, -0.2) is 0 Å². The Balaban J connectivity index is 1.82. The summed E-state index contributed by atoms with van der Waals surface area (Å²) in [7, 11) is 0. The smallest absolute Gasteiger partial charge is 0.0270 e. The van der Waals surface area contributed by atoms with Gasteiger partial charge in [0.25, 0.3) is 0 Å². The summed E-state index contributed by atoms with van der Waals surface area (Å²) in [4.78, 5) is 6.65. The first-order chi connectivity index (χ1) is 7.75. The number of nitrogens with zero attached hydrogens (tertiary/aromatic N) is 2. The van der Waals surface area contributed by atoms with E-state index in [1.807, 2.05) is 12.4 Å². The Morgan fingerprint density at radius 3 is 2.44 bits per heavy atom. The van der Waals surface area contributed by atoms with E-state index < -0.39 is 0 Å². The van der Waals surface area contributed by atoms with Crippen molar-refractivity contribution in [1.82, 2.24) is 9.88 Å². The molecule has 2 heterocycles. The van der Waals surface area contributed by atoms with Gasteiger partial charge in [0.2, 0.25) is 0 Å². The molecule has 0 saturated carbocycles. The van der Waals surface area contributed by atoms with Crippen molar-refractivity contribution in [3.63, 3.8) is 0 Å². The van der Waals surface area contributed by atoms with Crippen LogP contribution in [0.1, 0.15) is 32.3 Å². The van der Waals surface area contributed by atoms with E-state index in [0.29, 0.717) is 6.04 Å². The molecule has 0 unspecified atom stereocenters. The highest BCUT2D eigenvalue weighted by Gasteiger charge is 2.20. The highest BCUT2D eigenvalue weighted by atomic mass is 15.1. The maximum absolute atomic E-state index is 4.07. The fourth-order valence-corrected chi connectivity index (χ4v) is 2.53. The summed E-state index contributed by atoms with van der Waals surface area (Å²) in [6, 6.07) is 5.01. The zero-order valence-electron chi connectivity index (χ0n) is 10.4. The summed E-state index contributed by atoms with van der Waals surface area (Å²) in [5.74, 6) is 0.873. The standard InChI is InChI=1S/C14H22N2/c1-12(2)16-9-5-14(6-10-16)11-13-3-7-15-8-4-13/h3-4,7-8,12,14H,5-6,9-11H2,1-2H3. The minimum absolute atomic E-state index is 0.710. The van der Waals surface area contributed by atoms with Gasteiger partial charge in [0.15, 0.2) is 0 Å². The minimum atomic E-state index is 0.710. The molecule has 1 aliphatic heterocycles. The second-order valence-corrected chi connectivity index (χ2v) is 5.13. The Bertz CT molecular complexity index is 300. The SMILES string of the molecule is CC(C)N1CCC(Cc2ccncc2)CC1. The number of aromatic nitrogens is 1. The first-order valence-corrected chi connectivity index (χ1v) is 6.38. The third-order valence-electron chi connectivity index (χ3n) is 3.65. The molecule has 0 spiro atoms. The lowest BCUT2D eigenvalue weighted by Crippen LogP contribution is -2.38. The maximum atomic E-state index is 4.07. The van der Waals surface area contributed by atoms with Gasteiger partial charge in [-0.3, -0.25) is 4.98 Å². The third kappa shape index (κ3) is 3.05. The van der Waals surface area contributed by atoms with E-state index in [9.17, 15) is 0 Å². The van der Waals surface area contributed by atoms with Gasteiger partial charge in [-0.1, -0.05) is 0 Å². The van der Waals surface area contributed by atoms with Gasteiger partial charge < -0.3 is 4.90 Å². The molecule has 2 heteroatoms. The fraction of sp³-hybridized carbons (Fsp3) is 0.643. The molecule has 2 nitrogen and oxygen atoms in total. The monoisotopic (exact) mass is 218 g/mol. The van der Waals surface area contributed by atoms with Crippen LogP contribution in [0.2, 0.25) is 0 Å². The summed E-state index contributed by atoms with van der Waals surface area (Å²) in [5.41, 5.74) is 1.44. The second-order valence-electron chi connectivity index (χ2n) is 5.13. The zero-order valence-corrected chi connectivity index (χ0v) is 10.4. The van der Waals surface area contributed by atoms with Gasteiger partial charge in [0, 0.05) is 18.4 Å². The van der Waals surface area contributed by atoms with Gasteiger partial charge in [0.1, 0.15) is 0 Å². The Labute approximate surface area is 98.7 Å². The largest absolute Gasteiger partial charge is 0.301 e. The lowest BCUT2D eigenvalue weighted by Gasteiger charge is -2.34. The molecule has 1 saturated heterocycles. The van der Waals surface area contributed by atoms with Crippen molar-refractivity contribution in [2.45, 2.75) is 39.2 Å². The van der Waals surface area contributed by atoms with Crippen LogP contribution in [0.4, 0.5) is 0 Å². The van der Waals surface area contributed by atoms with Crippen molar-refractivity contribution in [1.29, 1.82) is 0 Å². The van der Waals surface area contributed by atoms with E-state index >= 15 is 0 Å². The van der Waals surface area contributed by atoms with Crippen LogP contribution in [0.3, 0.4) is 0 Å². The summed E-state index contributed by atoms with van der Waals surface area (Å²) >= 11 is 0. The number of likely N-dealkylation sites (tertiary alicyclic amines) is 1. The van der Waals surface area contributed by atoms with Gasteiger partial charge in [0.05, 0.1) is 0 Å². The molecule has 0 radical (unpaired) electrons. The predicted molar refractivity (Wildman–Crippen MR) is 67.4 cm³/mol. The molecular formula is C14H22N2. The van der Waals surface area contributed by atoms with E-state index in [2.05, 4.69) is 35.9 Å². The first kappa shape index (κ1) is 11.6. The Hall–Kier alpha value is -0.890. The molecule has 2 rings (SSSR count). The summed E-state index contributed by atoms with van der Waals surface area (Å²) in [6.45, 7) is 7.13. The molecule has 0 N–H and O–H groups in total. The number of hydrogen-bond donors (Lipinski definition) is 0. The number of piperidine rings is 1. The van der Waals surface area contributed by atoms with Crippen LogP contribution in [0.5, 0.6) is 0 Å². The lowest BCUT2D eigenvalue weighted by atomic mass is 9.90. The highest BCUT2D eigenvalue weighted by molar-refractivity contribution is 5.10. The highest BCUT2D eigenvalue weighted by Crippen LogP contribution is 2.22. The average Bonchev–Trinajstić information content (AvgIpc) is 2.31. The average molecular weight is 218 g/mol. The quantitative estimate of drug-likeness (QED) is 0.775. The van der Waals surface area contributed by atoms with Crippen LogP contribution in [-0.2, 0) is 6.42 Å². The van der Waals surface area contributed by atoms with Gasteiger partial charge in [-0.2, -0.15) is 0 Å². The zero-order chi connectivity index (χ0) is 11.4. The van der Waals surface area contributed by atoms with Crippen LogP contribution >= 0.6 is 0 Å². The van der Waals surface area contributed by atoms with E-state index in [0.717, 1.165) is 5.92 Å². The van der Waals surface area contributed by atoms with Gasteiger partial charge in [-0.15, -0.1) is 0 Å². The van der Waals surface area contributed by atoms with Crippen molar-refractivity contribution in [3.8, 4) is 0 Å².